The third-order valence-electron chi connectivity index (χ3n) is 4.88. The predicted molar refractivity (Wildman–Crippen MR) is 90.7 cm³/mol. The topological polar surface area (TPSA) is 101 Å². The molecule has 134 valence electrons. The summed E-state index contributed by atoms with van der Waals surface area (Å²) in [4.78, 5) is 23.3. The quantitative estimate of drug-likeness (QED) is 0.722. The Labute approximate surface area is 146 Å². The molecule has 2 fully saturated rings. The van der Waals surface area contributed by atoms with Crippen LogP contribution in [0.25, 0.3) is 0 Å². The Balaban J connectivity index is 1.34. The number of carbonyl (C=O) groups excluding carboxylic acids is 1. The Morgan fingerprint density at radius 3 is 2.92 bits per heavy atom. The lowest BCUT2D eigenvalue weighted by Crippen LogP contribution is -2.38. The molecule has 25 heavy (non-hydrogen) atoms. The van der Waals surface area contributed by atoms with E-state index in [2.05, 4.69) is 31.1 Å². The van der Waals surface area contributed by atoms with E-state index in [-0.39, 0.29) is 12.3 Å². The maximum atomic E-state index is 12.4. The van der Waals surface area contributed by atoms with Gasteiger partial charge in [-0.2, -0.15) is 5.10 Å². The van der Waals surface area contributed by atoms with E-state index >= 15 is 0 Å². The first kappa shape index (κ1) is 16.3. The molecule has 3 N–H and O–H groups in total. The number of hydrogen-bond donors (Lipinski definition) is 3. The van der Waals surface area contributed by atoms with Gasteiger partial charge in [-0.3, -0.25) is 14.8 Å². The van der Waals surface area contributed by atoms with Gasteiger partial charge in [-0.25, -0.2) is 4.98 Å². The highest BCUT2D eigenvalue weighted by Gasteiger charge is 2.27. The first-order valence-electron chi connectivity index (χ1n) is 8.87. The van der Waals surface area contributed by atoms with Gasteiger partial charge >= 0.3 is 0 Å². The average molecular weight is 344 g/mol. The summed E-state index contributed by atoms with van der Waals surface area (Å²) in [5.41, 5.74) is 3.03. The van der Waals surface area contributed by atoms with E-state index in [9.17, 15) is 9.90 Å². The summed E-state index contributed by atoms with van der Waals surface area (Å²) in [6.45, 7) is 3.02. The lowest BCUT2D eigenvalue weighted by Gasteiger charge is -2.21. The molecule has 1 atom stereocenters. The van der Waals surface area contributed by atoms with Crippen LogP contribution in [0.2, 0.25) is 0 Å². The molecule has 0 radical (unpaired) electrons. The lowest BCUT2D eigenvalue weighted by atomic mass is 10.2. The molecule has 2 aromatic rings. The van der Waals surface area contributed by atoms with Gasteiger partial charge in [0, 0.05) is 56.2 Å². The first-order chi connectivity index (χ1) is 12.2. The van der Waals surface area contributed by atoms with Crippen molar-refractivity contribution in [2.45, 2.75) is 37.8 Å². The van der Waals surface area contributed by atoms with E-state index in [1.54, 1.807) is 17.4 Å². The Bertz CT molecular complexity index is 709. The number of imidazole rings is 1. The molecule has 1 aliphatic heterocycles. The fraction of sp³-hybridized carbons (Fsp3) is 0.588. The third-order valence-corrected chi connectivity index (χ3v) is 4.88. The highest BCUT2D eigenvalue weighted by molar-refractivity contribution is 5.78. The van der Waals surface area contributed by atoms with Gasteiger partial charge in [0.2, 0.25) is 5.91 Å². The van der Waals surface area contributed by atoms with Crippen LogP contribution in [0.1, 0.15) is 35.8 Å². The molecule has 0 aromatic carbocycles. The lowest BCUT2D eigenvalue weighted by molar-refractivity contribution is -0.131. The molecule has 0 bridgehead atoms. The van der Waals surface area contributed by atoms with Gasteiger partial charge in [0.1, 0.15) is 0 Å². The minimum atomic E-state index is -0.543. The van der Waals surface area contributed by atoms with Crippen molar-refractivity contribution in [3.63, 3.8) is 0 Å². The zero-order chi connectivity index (χ0) is 17.2. The van der Waals surface area contributed by atoms with Crippen molar-refractivity contribution in [1.82, 2.24) is 30.0 Å². The van der Waals surface area contributed by atoms with Crippen LogP contribution in [-0.4, -0.2) is 73.3 Å². The number of aliphatic hydroxyl groups excluding tert-OH is 1. The second kappa shape index (κ2) is 6.97. The largest absolute Gasteiger partial charge is 0.390 e. The van der Waals surface area contributed by atoms with Gasteiger partial charge in [-0.05, 0) is 18.9 Å². The molecular weight excluding hydrogens is 320 g/mol. The Kier molecular flexibility index (Phi) is 4.54. The number of β-amino-alcohol motifs (C(OH)–C–C–N with tert-alkyl or cyclic N) is 1. The van der Waals surface area contributed by atoms with Crippen LogP contribution in [-0.2, 0) is 17.8 Å². The zero-order valence-electron chi connectivity index (χ0n) is 14.2. The fourth-order valence-electron chi connectivity index (χ4n) is 3.37. The average Bonchev–Trinajstić information content (AvgIpc) is 3.18. The Morgan fingerprint density at radius 1 is 1.28 bits per heavy atom. The number of aliphatic hydroxyl groups is 1. The summed E-state index contributed by atoms with van der Waals surface area (Å²) in [6.07, 6.45) is 5.45. The van der Waals surface area contributed by atoms with E-state index in [0.29, 0.717) is 25.6 Å². The summed E-state index contributed by atoms with van der Waals surface area (Å²) >= 11 is 0. The van der Waals surface area contributed by atoms with Gasteiger partial charge in [0.05, 0.1) is 24.5 Å². The van der Waals surface area contributed by atoms with Gasteiger partial charge in [0.25, 0.3) is 0 Å². The van der Waals surface area contributed by atoms with Gasteiger partial charge in [0.15, 0.2) is 0 Å². The molecule has 0 spiro atoms. The molecule has 1 unspecified atom stereocenters. The highest BCUT2D eigenvalue weighted by Crippen LogP contribution is 2.39. The second-order valence-electron chi connectivity index (χ2n) is 7.07. The molecule has 1 amide bonds. The summed E-state index contributed by atoms with van der Waals surface area (Å²) in [5.74, 6) is 0.651. The fourth-order valence-corrected chi connectivity index (χ4v) is 3.37. The van der Waals surface area contributed by atoms with Crippen LogP contribution >= 0.6 is 0 Å². The maximum Gasteiger partial charge on any atom is 0.228 e. The minimum Gasteiger partial charge on any atom is -0.390 e. The number of nitrogens with one attached hydrogen (secondary N) is 2. The van der Waals surface area contributed by atoms with Crippen LogP contribution in [0, 0.1) is 0 Å². The number of amides is 1. The predicted octanol–water partition coefficient (Wildman–Crippen LogP) is 0.258. The van der Waals surface area contributed by atoms with E-state index < -0.39 is 6.10 Å². The number of aromatic amines is 2. The van der Waals surface area contributed by atoms with Crippen LogP contribution in [0.15, 0.2) is 18.6 Å². The minimum absolute atomic E-state index is 0.0164. The van der Waals surface area contributed by atoms with Crippen molar-refractivity contribution >= 4 is 5.91 Å². The van der Waals surface area contributed by atoms with Crippen molar-refractivity contribution < 1.29 is 9.90 Å². The molecule has 1 aliphatic carbocycles. The number of aromatic nitrogens is 4. The number of carbonyl (C=O) groups is 1. The molecular formula is C17H24N6O2. The molecule has 3 heterocycles. The van der Waals surface area contributed by atoms with Crippen molar-refractivity contribution in [3.8, 4) is 0 Å². The molecule has 8 heteroatoms. The van der Waals surface area contributed by atoms with Crippen molar-refractivity contribution in [3.05, 3.63) is 35.7 Å². The first-order valence-corrected chi connectivity index (χ1v) is 8.87. The van der Waals surface area contributed by atoms with Crippen molar-refractivity contribution in [2.24, 2.45) is 0 Å². The maximum absolute atomic E-state index is 12.4. The van der Waals surface area contributed by atoms with E-state index in [1.807, 2.05) is 0 Å². The Morgan fingerprint density at radius 2 is 2.16 bits per heavy atom. The number of nitrogens with zero attached hydrogens (tertiary/aromatic N) is 4. The van der Waals surface area contributed by atoms with Crippen LogP contribution in [0.5, 0.6) is 0 Å². The number of hydrogen-bond acceptors (Lipinski definition) is 5. The molecule has 4 rings (SSSR count). The third kappa shape index (κ3) is 4.08. The van der Waals surface area contributed by atoms with E-state index in [1.165, 1.54) is 12.8 Å². The Hall–Kier alpha value is -2.19. The van der Waals surface area contributed by atoms with Crippen LogP contribution in [0.3, 0.4) is 0 Å². The van der Waals surface area contributed by atoms with E-state index in [0.717, 1.165) is 30.2 Å². The molecule has 2 aromatic heterocycles. The number of rotatable bonds is 5. The molecule has 2 aliphatic rings. The molecule has 8 nitrogen and oxygen atoms in total. The van der Waals surface area contributed by atoms with E-state index in [4.69, 9.17) is 0 Å². The normalized spacial score (nSPS) is 22.1. The zero-order valence-corrected chi connectivity index (χ0v) is 14.2. The second-order valence-corrected chi connectivity index (χ2v) is 7.07. The monoisotopic (exact) mass is 344 g/mol. The molecule has 1 saturated carbocycles. The SMILES string of the molecule is O=C(Cc1cnc[nH]1)N1CCN(Cc2cc(C3CC3)n[nH]2)CC(O)C1. The molecule has 1 saturated heterocycles. The summed E-state index contributed by atoms with van der Waals surface area (Å²) < 4.78 is 0. The number of H-pyrrole nitrogens is 2. The highest BCUT2D eigenvalue weighted by atomic mass is 16.3. The summed E-state index contributed by atoms with van der Waals surface area (Å²) in [6, 6.07) is 2.14. The van der Waals surface area contributed by atoms with Gasteiger partial charge < -0.3 is 15.0 Å². The summed E-state index contributed by atoms with van der Waals surface area (Å²) in [7, 11) is 0. The standard InChI is InChI=1S/C17H24N6O2/c24-15-9-22(8-14-5-16(21-20-14)12-1-2-12)3-4-23(10-15)17(25)6-13-7-18-11-19-13/h5,7,11-12,15,24H,1-4,6,8-10H2,(H,18,19)(H,20,21). The van der Waals surface area contributed by atoms with Crippen LogP contribution in [0.4, 0.5) is 0 Å². The van der Waals surface area contributed by atoms with Crippen LogP contribution < -0.4 is 0 Å². The smallest absolute Gasteiger partial charge is 0.228 e. The van der Waals surface area contributed by atoms with Gasteiger partial charge in [-0.1, -0.05) is 0 Å². The van der Waals surface area contributed by atoms with Crippen molar-refractivity contribution in [1.29, 1.82) is 0 Å². The van der Waals surface area contributed by atoms with Crippen molar-refractivity contribution in [2.75, 3.05) is 26.2 Å². The summed E-state index contributed by atoms with van der Waals surface area (Å²) in [5, 5.41) is 17.8. The van der Waals surface area contributed by atoms with Gasteiger partial charge in [-0.15, -0.1) is 0 Å².